The molecule has 0 spiro atoms. The molecular weight excluding hydrogens is 444 g/mol. The number of ether oxygens (including phenoxy) is 1. The van der Waals surface area contributed by atoms with Gasteiger partial charge in [0, 0.05) is 19.7 Å². The molecule has 1 unspecified atom stereocenters. The number of esters is 1. The van der Waals surface area contributed by atoms with Crippen LogP contribution in [0.4, 0.5) is 5.69 Å². The van der Waals surface area contributed by atoms with Gasteiger partial charge in [-0.25, -0.2) is 19.7 Å². The first kappa shape index (κ1) is 22.5. The van der Waals surface area contributed by atoms with Crippen molar-refractivity contribution in [1.29, 1.82) is 0 Å². The van der Waals surface area contributed by atoms with E-state index in [9.17, 15) is 9.59 Å². The van der Waals surface area contributed by atoms with Gasteiger partial charge >= 0.3 is 5.97 Å². The summed E-state index contributed by atoms with van der Waals surface area (Å²) in [6, 6.07) is 6.74. The van der Waals surface area contributed by atoms with Gasteiger partial charge in [-0.2, -0.15) is 0 Å². The third-order valence-corrected chi connectivity index (χ3v) is 5.69. The molecule has 170 valence electrons. The highest BCUT2D eigenvalue weighted by Gasteiger charge is 2.21. The van der Waals surface area contributed by atoms with Gasteiger partial charge in [-0.1, -0.05) is 17.7 Å². The van der Waals surface area contributed by atoms with Crippen LogP contribution in [0.25, 0.3) is 22.4 Å². The SMILES string of the molecule is COC(=O)c1nc(Cl)ccc1NC(C)c1cc(C)cc2c(=O)n(C)c(-c3cncn3C)nc12. The second-order valence-corrected chi connectivity index (χ2v) is 8.21. The molecule has 0 fully saturated rings. The van der Waals surface area contributed by atoms with E-state index in [2.05, 4.69) is 15.3 Å². The van der Waals surface area contributed by atoms with E-state index in [4.69, 9.17) is 21.3 Å². The highest BCUT2D eigenvalue weighted by molar-refractivity contribution is 6.29. The number of nitrogens with zero attached hydrogens (tertiary/aromatic N) is 5. The molecule has 3 heterocycles. The van der Waals surface area contributed by atoms with Crippen LogP contribution in [0.15, 0.2) is 41.6 Å². The molecular formula is C23H23ClN6O3. The lowest BCUT2D eigenvalue weighted by molar-refractivity contribution is 0.0595. The monoisotopic (exact) mass is 466 g/mol. The summed E-state index contributed by atoms with van der Waals surface area (Å²) in [5.74, 6) is -0.0972. The van der Waals surface area contributed by atoms with Gasteiger partial charge in [0.2, 0.25) is 0 Å². The standard InChI is InChI=1S/C23H23ClN6O3/c1-12-8-14(13(2)26-16-6-7-18(24)27-20(16)23(32)33-5)19-15(9-12)22(31)30(4)21(28-19)17-10-25-11-29(17)3/h6-11,13,26H,1-5H3. The minimum absolute atomic E-state index is 0.0771. The Balaban J connectivity index is 1.88. The van der Waals surface area contributed by atoms with Crippen molar-refractivity contribution in [3.8, 4) is 11.5 Å². The number of pyridine rings is 1. The molecule has 1 aromatic carbocycles. The summed E-state index contributed by atoms with van der Waals surface area (Å²) >= 11 is 5.98. The van der Waals surface area contributed by atoms with E-state index in [0.29, 0.717) is 22.4 Å². The van der Waals surface area contributed by atoms with Crippen molar-refractivity contribution in [2.45, 2.75) is 19.9 Å². The van der Waals surface area contributed by atoms with Crippen molar-refractivity contribution < 1.29 is 9.53 Å². The van der Waals surface area contributed by atoms with Crippen molar-refractivity contribution in [3.05, 3.63) is 69.1 Å². The molecule has 4 aromatic rings. The van der Waals surface area contributed by atoms with Crippen molar-refractivity contribution in [1.82, 2.24) is 24.1 Å². The molecule has 3 aromatic heterocycles. The normalized spacial score (nSPS) is 12.1. The minimum atomic E-state index is -0.605. The van der Waals surface area contributed by atoms with Crippen LogP contribution in [0.2, 0.25) is 5.15 Å². The molecule has 0 radical (unpaired) electrons. The smallest absolute Gasteiger partial charge is 0.358 e. The lowest BCUT2D eigenvalue weighted by Gasteiger charge is -2.20. The van der Waals surface area contributed by atoms with E-state index in [1.807, 2.05) is 37.6 Å². The fourth-order valence-electron chi connectivity index (χ4n) is 3.80. The number of hydrogen-bond donors (Lipinski definition) is 1. The van der Waals surface area contributed by atoms with Gasteiger partial charge in [-0.3, -0.25) is 9.36 Å². The van der Waals surface area contributed by atoms with Crippen molar-refractivity contribution in [2.24, 2.45) is 14.1 Å². The van der Waals surface area contributed by atoms with Gasteiger partial charge in [-0.05, 0) is 37.6 Å². The van der Waals surface area contributed by atoms with Crippen molar-refractivity contribution in [2.75, 3.05) is 12.4 Å². The Labute approximate surface area is 195 Å². The summed E-state index contributed by atoms with van der Waals surface area (Å²) in [4.78, 5) is 38.6. The summed E-state index contributed by atoms with van der Waals surface area (Å²) in [5.41, 5.74) is 3.40. The number of nitrogens with one attached hydrogen (secondary N) is 1. The molecule has 33 heavy (non-hydrogen) atoms. The third-order valence-electron chi connectivity index (χ3n) is 5.48. The topological polar surface area (TPSA) is 104 Å². The number of anilines is 1. The summed E-state index contributed by atoms with van der Waals surface area (Å²) in [6.45, 7) is 3.85. The molecule has 9 nitrogen and oxygen atoms in total. The predicted octanol–water partition coefficient (Wildman–Crippen LogP) is 3.65. The van der Waals surface area contributed by atoms with E-state index in [1.54, 1.807) is 31.7 Å². The van der Waals surface area contributed by atoms with E-state index in [0.717, 1.165) is 16.8 Å². The second kappa shape index (κ2) is 8.67. The van der Waals surface area contributed by atoms with Crippen LogP contribution in [0, 0.1) is 6.92 Å². The zero-order valence-corrected chi connectivity index (χ0v) is 19.6. The molecule has 0 amide bonds. The molecule has 4 rings (SSSR count). The van der Waals surface area contributed by atoms with E-state index < -0.39 is 5.97 Å². The lowest BCUT2D eigenvalue weighted by Crippen LogP contribution is -2.22. The van der Waals surface area contributed by atoms with Crippen molar-refractivity contribution >= 4 is 34.2 Å². The van der Waals surface area contributed by atoms with E-state index in [-0.39, 0.29) is 22.4 Å². The fraction of sp³-hybridized carbons (Fsp3) is 0.261. The van der Waals surface area contributed by atoms with Crippen LogP contribution in [0.5, 0.6) is 0 Å². The van der Waals surface area contributed by atoms with Gasteiger partial charge in [0.15, 0.2) is 11.5 Å². The molecule has 1 N–H and O–H groups in total. The van der Waals surface area contributed by atoms with Gasteiger partial charge in [0.1, 0.15) is 10.8 Å². The van der Waals surface area contributed by atoms with E-state index >= 15 is 0 Å². The van der Waals surface area contributed by atoms with Crippen molar-refractivity contribution in [3.63, 3.8) is 0 Å². The summed E-state index contributed by atoms with van der Waals surface area (Å²) in [5, 5.41) is 3.99. The number of halogens is 1. The number of hydrogen-bond acceptors (Lipinski definition) is 7. The van der Waals surface area contributed by atoms with Gasteiger partial charge < -0.3 is 14.6 Å². The predicted molar refractivity (Wildman–Crippen MR) is 127 cm³/mol. The van der Waals surface area contributed by atoms with Gasteiger partial charge in [-0.15, -0.1) is 0 Å². The van der Waals surface area contributed by atoms with E-state index in [1.165, 1.54) is 11.7 Å². The number of aryl methyl sites for hydroxylation is 2. The number of carbonyl (C=O) groups excluding carboxylic acids is 1. The largest absolute Gasteiger partial charge is 0.464 e. The first-order valence-corrected chi connectivity index (χ1v) is 10.6. The molecule has 0 aliphatic heterocycles. The maximum Gasteiger partial charge on any atom is 0.358 e. The zero-order chi connectivity index (χ0) is 23.9. The minimum Gasteiger partial charge on any atom is -0.464 e. The number of methoxy groups -OCH3 is 1. The molecule has 1 atom stereocenters. The van der Waals surface area contributed by atoms with Crippen LogP contribution in [0.1, 0.15) is 34.6 Å². The Morgan fingerprint density at radius 3 is 2.64 bits per heavy atom. The van der Waals surface area contributed by atoms with Crippen LogP contribution < -0.4 is 10.9 Å². The molecule has 0 saturated carbocycles. The quantitative estimate of drug-likeness (QED) is 0.353. The number of aromatic nitrogens is 5. The summed E-state index contributed by atoms with van der Waals surface area (Å²) < 4.78 is 8.18. The first-order chi connectivity index (χ1) is 15.7. The number of carbonyl (C=O) groups is 1. The Morgan fingerprint density at radius 1 is 1.21 bits per heavy atom. The molecule has 0 saturated heterocycles. The number of rotatable bonds is 5. The summed E-state index contributed by atoms with van der Waals surface area (Å²) in [6.07, 6.45) is 3.33. The molecule has 0 bridgehead atoms. The van der Waals surface area contributed by atoms with Crippen LogP contribution in [-0.2, 0) is 18.8 Å². The third kappa shape index (κ3) is 4.07. The zero-order valence-electron chi connectivity index (χ0n) is 18.9. The van der Waals surface area contributed by atoms with Gasteiger partial charge in [0.25, 0.3) is 5.56 Å². The molecule has 0 aliphatic carbocycles. The van der Waals surface area contributed by atoms with Gasteiger partial charge in [0.05, 0.1) is 42.3 Å². The highest BCUT2D eigenvalue weighted by atomic mass is 35.5. The fourth-order valence-corrected chi connectivity index (χ4v) is 3.95. The Bertz CT molecular complexity index is 1440. The molecule has 10 heteroatoms. The Morgan fingerprint density at radius 2 is 1.97 bits per heavy atom. The highest BCUT2D eigenvalue weighted by Crippen LogP contribution is 2.29. The van der Waals surface area contributed by atoms with Crippen LogP contribution in [-0.4, -0.2) is 37.2 Å². The lowest BCUT2D eigenvalue weighted by atomic mass is 10.0. The number of benzene rings is 1. The Kier molecular flexibility index (Phi) is 5.90. The average molecular weight is 467 g/mol. The average Bonchev–Trinajstić information content (AvgIpc) is 3.22. The Hall–Kier alpha value is -3.72. The molecule has 0 aliphatic rings. The maximum atomic E-state index is 13.2. The van der Waals surface area contributed by atoms with Crippen LogP contribution in [0.3, 0.4) is 0 Å². The number of fused-ring (bicyclic) bond motifs is 1. The number of imidazole rings is 1. The summed E-state index contributed by atoms with van der Waals surface area (Å²) in [7, 11) is 4.83. The maximum absolute atomic E-state index is 13.2. The van der Waals surface area contributed by atoms with Crippen LogP contribution >= 0.6 is 11.6 Å². The second-order valence-electron chi connectivity index (χ2n) is 7.83. The first-order valence-electron chi connectivity index (χ1n) is 10.2.